The first kappa shape index (κ1) is 21.2. The van der Waals surface area contributed by atoms with Gasteiger partial charge in [-0.15, -0.1) is 0 Å². The predicted octanol–water partition coefficient (Wildman–Crippen LogP) is 3.75. The van der Waals surface area contributed by atoms with Crippen LogP contribution in [0.1, 0.15) is 34.6 Å². The standard InChI is InChI=1S/C20H20ClNO6/c1-4-27-19-16(21)9-14(10-18(19)26-3)20(25)28-11-17(24)13-5-7-15(8-6-13)22-12(2)23/h5-10H,4,11H2,1-3H3,(H,22,23). The van der Waals surface area contributed by atoms with Gasteiger partial charge in [-0.2, -0.15) is 0 Å². The van der Waals surface area contributed by atoms with Gasteiger partial charge in [0.25, 0.3) is 0 Å². The summed E-state index contributed by atoms with van der Waals surface area (Å²) in [6, 6.07) is 9.09. The molecule has 0 spiro atoms. The lowest BCUT2D eigenvalue weighted by atomic mass is 10.1. The van der Waals surface area contributed by atoms with Crippen LogP contribution in [0, 0.1) is 0 Å². The molecule has 1 N–H and O–H groups in total. The van der Waals surface area contributed by atoms with Gasteiger partial charge in [-0.1, -0.05) is 11.6 Å². The summed E-state index contributed by atoms with van der Waals surface area (Å²) in [5.41, 5.74) is 1.06. The molecule has 148 valence electrons. The third kappa shape index (κ3) is 5.47. The minimum absolute atomic E-state index is 0.138. The number of nitrogens with one attached hydrogen (secondary N) is 1. The van der Waals surface area contributed by atoms with Crippen LogP contribution in [0.4, 0.5) is 5.69 Å². The molecule has 0 aliphatic rings. The average Bonchev–Trinajstić information content (AvgIpc) is 2.67. The fourth-order valence-corrected chi connectivity index (χ4v) is 2.63. The van der Waals surface area contributed by atoms with Crippen LogP contribution in [0.5, 0.6) is 11.5 Å². The van der Waals surface area contributed by atoms with Gasteiger partial charge in [0.1, 0.15) is 0 Å². The summed E-state index contributed by atoms with van der Waals surface area (Å²) in [6.45, 7) is 3.13. The van der Waals surface area contributed by atoms with Crippen molar-refractivity contribution >= 4 is 34.9 Å². The lowest BCUT2D eigenvalue weighted by molar-refractivity contribution is -0.114. The van der Waals surface area contributed by atoms with E-state index in [0.29, 0.717) is 29.4 Å². The first-order chi connectivity index (χ1) is 13.3. The SMILES string of the molecule is CCOc1c(Cl)cc(C(=O)OCC(=O)c2ccc(NC(C)=O)cc2)cc1OC. The first-order valence-corrected chi connectivity index (χ1v) is 8.81. The maximum atomic E-state index is 12.3. The van der Waals surface area contributed by atoms with Crippen molar-refractivity contribution in [3.8, 4) is 11.5 Å². The monoisotopic (exact) mass is 405 g/mol. The average molecular weight is 406 g/mol. The molecule has 0 heterocycles. The van der Waals surface area contributed by atoms with E-state index in [0.717, 1.165) is 0 Å². The fourth-order valence-electron chi connectivity index (χ4n) is 2.36. The van der Waals surface area contributed by atoms with E-state index in [1.54, 1.807) is 19.1 Å². The van der Waals surface area contributed by atoms with E-state index >= 15 is 0 Å². The molecule has 2 aromatic carbocycles. The Morgan fingerprint density at radius 1 is 1.07 bits per heavy atom. The molecule has 0 fully saturated rings. The van der Waals surface area contributed by atoms with Crippen LogP contribution in [-0.2, 0) is 9.53 Å². The number of benzene rings is 2. The van der Waals surface area contributed by atoms with Crippen molar-refractivity contribution in [2.75, 3.05) is 25.6 Å². The minimum atomic E-state index is -0.716. The first-order valence-electron chi connectivity index (χ1n) is 8.44. The smallest absolute Gasteiger partial charge is 0.338 e. The van der Waals surface area contributed by atoms with E-state index < -0.39 is 12.6 Å². The number of hydrogen-bond donors (Lipinski definition) is 1. The van der Waals surface area contributed by atoms with Crippen molar-refractivity contribution in [1.82, 2.24) is 0 Å². The second kappa shape index (κ2) is 9.75. The Hall–Kier alpha value is -3.06. The number of anilines is 1. The highest BCUT2D eigenvalue weighted by Crippen LogP contribution is 2.36. The van der Waals surface area contributed by atoms with Crippen LogP contribution in [0.3, 0.4) is 0 Å². The molecule has 2 rings (SSSR count). The highest BCUT2D eigenvalue weighted by atomic mass is 35.5. The molecule has 7 nitrogen and oxygen atoms in total. The molecule has 0 bridgehead atoms. The Bertz CT molecular complexity index is 879. The molecule has 1 amide bonds. The van der Waals surface area contributed by atoms with Crippen LogP contribution >= 0.6 is 11.6 Å². The molecule has 0 radical (unpaired) electrons. The molecule has 2 aromatic rings. The summed E-state index contributed by atoms with van der Waals surface area (Å²) in [4.78, 5) is 35.5. The Morgan fingerprint density at radius 2 is 1.75 bits per heavy atom. The summed E-state index contributed by atoms with van der Waals surface area (Å²) in [5, 5.41) is 2.80. The van der Waals surface area contributed by atoms with Crippen molar-refractivity contribution in [3.63, 3.8) is 0 Å². The lowest BCUT2D eigenvalue weighted by Crippen LogP contribution is -2.15. The molecule has 0 aliphatic heterocycles. The van der Waals surface area contributed by atoms with E-state index in [4.69, 9.17) is 25.8 Å². The number of ketones is 1. The molecular weight excluding hydrogens is 386 g/mol. The van der Waals surface area contributed by atoms with Gasteiger partial charge < -0.3 is 19.5 Å². The summed E-state index contributed by atoms with van der Waals surface area (Å²) < 4.78 is 15.7. The van der Waals surface area contributed by atoms with Crippen molar-refractivity contribution in [2.45, 2.75) is 13.8 Å². The van der Waals surface area contributed by atoms with Gasteiger partial charge >= 0.3 is 5.97 Å². The summed E-state index contributed by atoms with van der Waals surface area (Å²) in [6.07, 6.45) is 0. The summed E-state index contributed by atoms with van der Waals surface area (Å²) >= 11 is 6.14. The fraction of sp³-hybridized carbons (Fsp3) is 0.250. The zero-order valence-corrected chi connectivity index (χ0v) is 16.5. The topological polar surface area (TPSA) is 90.9 Å². The molecule has 0 unspecified atom stereocenters. The van der Waals surface area contributed by atoms with E-state index in [1.165, 1.54) is 38.3 Å². The van der Waals surface area contributed by atoms with Gasteiger partial charge in [0.05, 0.1) is 24.3 Å². The Balaban J connectivity index is 2.04. The number of Topliss-reactive ketones (excluding diaryl/α,β-unsaturated/α-hetero) is 1. The number of esters is 1. The van der Waals surface area contributed by atoms with Gasteiger partial charge in [0.15, 0.2) is 23.9 Å². The van der Waals surface area contributed by atoms with Crippen molar-refractivity contribution in [1.29, 1.82) is 0 Å². The molecule has 0 saturated carbocycles. The lowest BCUT2D eigenvalue weighted by Gasteiger charge is -2.13. The van der Waals surface area contributed by atoms with E-state index in [1.807, 2.05) is 0 Å². The Morgan fingerprint density at radius 3 is 2.32 bits per heavy atom. The van der Waals surface area contributed by atoms with Crippen LogP contribution in [0.15, 0.2) is 36.4 Å². The zero-order valence-electron chi connectivity index (χ0n) is 15.7. The van der Waals surface area contributed by atoms with E-state index in [2.05, 4.69) is 5.32 Å². The number of rotatable bonds is 8. The number of carbonyl (C=O) groups is 3. The van der Waals surface area contributed by atoms with Crippen LogP contribution in [0.2, 0.25) is 5.02 Å². The molecule has 8 heteroatoms. The quantitative estimate of drug-likeness (QED) is 0.531. The Kier molecular flexibility index (Phi) is 7.40. The normalized spacial score (nSPS) is 10.1. The molecule has 0 aliphatic carbocycles. The molecule has 0 aromatic heterocycles. The van der Waals surface area contributed by atoms with Gasteiger partial charge in [-0.05, 0) is 43.3 Å². The van der Waals surface area contributed by atoms with Crippen molar-refractivity contribution in [2.24, 2.45) is 0 Å². The van der Waals surface area contributed by atoms with Crippen LogP contribution in [0.25, 0.3) is 0 Å². The minimum Gasteiger partial charge on any atom is -0.493 e. The number of amides is 1. The second-order valence-electron chi connectivity index (χ2n) is 5.68. The summed E-state index contributed by atoms with van der Waals surface area (Å²) in [5.74, 6) is -0.685. The highest BCUT2D eigenvalue weighted by Gasteiger charge is 2.18. The van der Waals surface area contributed by atoms with Gasteiger partial charge in [0.2, 0.25) is 5.91 Å². The van der Waals surface area contributed by atoms with Gasteiger partial charge in [-0.3, -0.25) is 9.59 Å². The maximum absolute atomic E-state index is 12.3. The van der Waals surface area contributed by atoms with Crippen molar-refractivity contribution in [3.05, 3.63) is 52.5 Å². The van der Waals surface area contributed by atoms with Crippen LogP contribution in [-0.4, -0.2) is 38.0 Å². The zero-order chi connectivity index (χ0) is 20.7. The van der Waals surface area contributed by atoms with E-state index in [9.17, 15) is 14.4 Å². The Labute approximate surface area is 167 Å². The van der Waals surface area contributed by atoms with Crippen molar-refractivity contribution < 1.29 is 28.6 Å². The third-order valence-corrected chi connectivity index (χ3v) is 3.90. The highest BCUT2D eigenvalue weighted by molar-refractivity contribution is 6.32. The third-order valence-electron chi connectivity index (χ3n) is 3.62. The van der Waals surface area contributed by atoms with Gasteiger partial charge in [0, 0.05) is 18.2 Å². The number of carbonyl (C=O) groups excluding carboxylic acids is 3. The number of methoxy groups -OCH3 is 1. The maximum Gasteiger partial charge on any atom is 0.338 e. The molecule has 0 atom stereocenters. The largest absolute Gasteiger partial charge is 0.493 e. The number of halogens is 1. The van der Waals surface area contributed by atoms with Crippen LogP contribution < -0.4 is 14.8 Å². The van der Waals surface area contributed by atoms with Gasteiger partial charge in [-0.25, -0.2) is 4.79 Å². The predicted molar refractivity (Wildman–Crippen MR) is 105 cm³/mol. The molecule has 0 saturated heterocycles. The van der Waals surface area contributed by atoms with E-state index in [-0.39, 0.29) is 22.3 Å². The second-order valence-corrected chi connectivity index (χ2v) is 6.09. The summed E-state index contributed by atoms with van der Waals surface area (Å²) in [7, 11) is 1.43. The number of hydrogen-bond acceptors (Lipinski definition) is 6. The molecule has 28 heavy (non-hydrogen) atoms. The molecular formula is C20H20ClNO6. The number of ether oxygens (including phenoxy) is 3.